The molecule has 2 saturated heterocycles. The molecule has 4 heterocycles. The van der Waals surface area contributed by atoms with Crippen LogP contribution in [-0.4, -0.2) is 58.2 Å². The molecule has 6 nitrogen and oxygen atoms in total. The molecule has 1 unspecified atom stereocenters. The second kappa shape index (κ2) is 7.29. The first-order chi connectivity index (χ1) is 12.6. The third-order valence-electron chi connectivity index (χ3n) is 5.69. The lowest BCUT2D eigenvalue weighted by atomic mass is 9.87. The summed E-state index contributed by atoms with van der Waals surface area (Å²) in [5.74, 6) is 0.841. The van der Waals surface area contributed by atoms with E-state index >= 15 is 0 Å². The predicted molar refractivity (Wildman–Crippen MR) is 101 cm³/mol. The van der Waals surface area contributed by atoms with Crippen molar-refractivity contribution < 1.29 is 4.74 Å². The van der Waals surface area contributed by atoms with Gasteiger partial charge < -0.3 is 9.64 Å². The summed E-state index contributed by atoms with van der Waals surface area (Å²) < 4.78 is 6.33. The molecule has 138 valence electrons. The van der Waals surface area contributed by atoms with Crippen molar-refractivity contribution in [1.82, 2.24) is 19.9 Å². The zero-order valence-electron chi connectivity index (χ0n) is 15.6. The summed E-state index contributed by atoms with van der Waals surface area (Å²) in [7, 11) is 2.19. The van der Waals surface area contributed by atoms with Crippen LogP contribution in [0.2, 0.25) is 0 Å². The van der Waals surface area contributed by atoms with Gasteiger partial charge in [-0.15, -0.1) is 0 Å². The molecule has 6 heteroatoms. The molecule has 2 aromatic heterocycles. The van der Waals surface area contributed by atoms with Gasteiger partial charge in [-0.3, -0.25) is 9.88 Å². The van der Waals surface area contributed by atoms with Crippen LogP contribution in [0, 0.1) is 6.92 Å². The Balaban J connectivity index is 1.33. The number of piperidine rings is 1. The molecule has 1 spiro atoms. The Morgan fingerprint density at radius 3 is 2.69 bits per heavy atom. The van der Waals surface area contributed by atoms with Gasteiger partial charge in [0, 0.05) is 50.5 Å². The molecule has 2 aliphatic heterocycles. The van der Waals surface area contributed by atoms with Gasteiger partial charge in [0.15, 0.2) is 0 Å². The molecule has 0 radical (unpaired) electrons. The lowest BCUT2D eigenvalue weighted by Gasteiger charge is -2.39. The van der Waals surface area contributed by atoms with E-state index in [1.54, 1.807) is 0 Å². The maximum Gasteiger partial charge on any atom is 0.225 e. The smallest absolute Gasteiger partial charge is 0.225 e. The fourth-order valence-corrected chi connectivity index (χ4v) is 4.02. The van der Waals surface area contributed by atoms with Gasteiger partial charge in [-0.2, -0.15) is 0 Å². The van der Waals surface area contributed by atoms with E-state index in [0.717, 1.165) is 57.0 Å². The molecule has 0 N–H and O–H groups in total. The largest absolute Gasteiger partial charge is 0.373 e. The van der Waals surface area contributed by atoms with E-state index in [4.69, 9.17) is 4.74 Å². The van der Waals surface area contributed by atoms with Crippen molar-refractivity contribution in [2.45, 2.75) is 44.4 Å². The summed E-state index contributed by atoms with van der Waals surface area (Å²) in [6.45, 7) is 5.67. The Hall–Kier alpha value is -2.05. The Labute approximate surface area is 155 Å². The summed E-state index contributed by atoms with van der Waals surface area (Å²) in [6, 6.07) is 4.60. The lowest BCUT2D eigenvalue weighted by molar-refractivity contribution is -0.0159. The van der Waals surface area contributed by atoms with Crippen molar-refractivity contribution in [1.29, 1.82) is 0 Å². The van der Waals surface area contributed by atoms with Gasteiger partial charge in [0.05, 0.1) is 12.2 Å². The number of ether oxygens (including phenoxy) is 1. The number of pyridine rings is 1. The van der Waals surface area contributed by atoms with E-state index in [1.807, 2.05) is 37.8 Å². The zero-order valence-corrected chi connectivity index (χ0v) is 15.6. The van der Waals surface area contributed by atoms with Gasteiger partial charge in [-0.1, -0.05) is 6.07 Å². The number of aryl methyl sites for hydroxylation is 1. The number of nitrogens with zero attached hydrogens (tertiary/aromatic N) is 5. The van der Waals surface area contributed by atoms with Crippen molar-refractivity contribution in [2.75, 3.05) is 31.6 Å². The van der Waals surface area contributed by atoms with Crippen LogP contribution in [0.1, 0.15) is 30.4 Å². The monoisotopic (exact) mass is 353 g/mol. The molecular weight excluding hydrogens is 326 g/mol. The molecular formula is C20H27N5O. The quantitative estimate of drug-likeness (QED) is 0.842. The van der Waals surface area contributed by atoms with Crippen molar-refractivity contribution in [3.63, 3.8) is 0 Å². The summed E-state index contributed by atoms with van der Waals surface area (Å²) >= 11 is 0. The Morgan fingerprint density at radius 1 is 1.23 bits per heavy atom. The van der Waals surface area contributed by atoms with Gasteiger partial charge in [-0.05, 0) is 50.4 Å². The molecule has 2 fully saturated rings. The summed E-state index contributed by atoms with van der Waals surface area (Å²) in [5.41, 5.74) is 2.37. The first-order valence-electron chi connectivity index (χ1n) is 9.40. The molecule has 0 amide bonds. The van der Waals surface area contributed by atoms with Gasteiger partial charge >= 0.3 is 0 Å². The van der Waals surface area contributed by atoms with E-state index in [1.165, 1.54) is 5.56 Å². The van der Waals surface area contributed by atoms with E-state index < -0.39 is 0 Å². The molecule has 0 saturated carbocycles. The van der Waals surface area contributed by atoms with Gasteiger partial charge in [0.1, 0.15) is 0 Å². The SMILES string of the molecule is Cc1cnc(N2CCC3(CC2)CC(N(C)Cc2cccnc2)CO3)nc1. The van der Waals surface area contributed by atoms with Crippen LogP contribution >= 0.6 is 0 Å². The van der Waals surface area contributed by atoms with E-state index in [-0.39, 0.29) is 5.60 Å². The third-order valence-corrected chi connectivity index (χ3v) is 5.69. The number of anilines is 1. The highest BCUT2D eigenvalue weighted by Gasteiger charge is 2.44. The fraction of sp³-hybridized carbons (Fsp3) is 0.550. The topological polar surface area (TPSA) is 54.4 Å². The summed E-state index contributed by atoms with van der Waals surface area (Å²) in [4.78, 5) is 17.8. The van der Waals surface area contributed by atoms with E-state index in [2.05, 4.69) is 37.9 Å². The first-order valence-corrected chi connectivity index (χ1v) is 9.40. The van der Waals surface area contributed by atoms with Gasteiger partial charge in [-0.25, -0.2) is 9.97 Å². The highest BCUT2D eigenvalue weighted by Crippen LogP contribution is 2.38. The molecule has 26 heavy (non-hydrogen) atoms. The zero-order chi connectivity index (χ0) is 18.0. The fourth-order valence-electron chi connectivity index (χ4n) is 4.02. The molecule has 0 aromatic carbocycles. The van der Waals surface area contributed by atoms with Crippen molar-refractivity contribution in [3.05, 3.63) is 48.0 Å². The minimum atomic E-state index is 0.0229. The Kier molecular flexibility index (Phi) is 4.87. The highest BCUT2D eigenvalue weighted by molar-refractivity contribution is 5.31. The first kappa shape index (κ1) is 17.4. The Morgan fingerprint density at radius 2 is 2.00 bits per heavy atom. The highest BCUT2D eigenvalue weighted by atomic mass is 16.5. The number of likely N-dealkylation sites (N-methyl/N-ethyl adjacent to an activating group) is 1. The normalized spacial score (nSPS) is 22.3. The number of aromatic nitrogens is 3. The van der Waals surface area contributed by atoms with Crippen molar-refractivity contribution in [2.24, 2.45) is 0 Å². The van der Waals surface area contributed by atoms with Gasteiger partial charge in [0.2, 0.25) is 5.95 Å². The average molecular weight is 353 g/mol. The standard InChI is InChI=1S/C20H27N5O/c1-16-11-22-19(23-12-16)25-8-5-20(6-9-25)10-18(15-26-20)24(2)14-17-4-3-7-21-13-17/h3-4,7,11-13,18H,5-6,8-10,14-15H2,1-2H3. The van der Waals surface area contributed by atoms with Crippen LogP contribution in [0.3, 0.4) is 0 Å². The number of rotatable bonds is 4. The minimum Gasteiger partial charge on any atom is -0.373 e. The van der Waals surface area contributed by atoms with Crippen LogP contribution in [-0.2, 0) is 11.3 Å². The summed E-state index contributed by atoms with van der Waals surface area (Å²) in [5, 5.41) is 0. The molecule has 4 rings (SSSR count). The molecule has 2 aliphatic rings. The maximum atomic E-state index is 6.33. The lowest BCUT2D eigenvalue weighted by Crippen LogP contribution is -2.45. The minimum absolute atomic E-state index is 0.0229. The second-order valence-corrected chi connectivity index (χ2v) is 7.68. The molecule has 0 bridgehead atoms. The van der Waals surface area contributed by atoms with Crippen LogP contribution in [0.5, 0.6) is 0 Å². The molecule has 2 aromatic rings. The Bertz CT molecular complexity index is 713. The van der Waals surface area contributed by atoms with Crippen molar-refractivity contribution >= 4 is 5.95 Å². The molecule has 0 aliphatic carbocycles. The third kappa shape index (κ3) is 3.71. The summed E-state index contributed by atoms with van der Waals surface area (Å²) in [6.07, 6.45) is 10.7. The van der Waals surface area contributed by atoms with Crippen molar-refractivity contribution in [3.8, 4) is 0 Å². The molecule has 1 atom stereocenters. The second-order valence-electron chi connectivity index (χ2n) is 7.68. The average Bonchev–Trinajstić information content (AvgIpc) is 3.08. The van der Waals surface area contributed by atoms with Crippen LogP contribution in [0.15, 0.2) is 36.9 Å². The van der Waals surface area contributed by atoms with Crippen LogP contribution in [0.25, 0.3) is 0 Å². The predicted octanol–water partition coefficient (Wildman–Crippen LogP) is 2.44. The number of hydrogen-bond acceptors (Lipinski definition) is 6. The maximum absolute atomic E-state index is 6.33. The number of hydrogen-bond donors (Lipinski definition) is 0. The van der Waals surface area contributed by atoms with E-state index in [0.29, 0.717) is 6.04 Å². The van der Waals surface area contributed by atoms with Crippen LogP contribution in [0.4, 0.5) is 5.95 Å². The van der Waals surface area contributed by atoms with Crippen LogP contribution < -0.4 is 4.90 Å². The van der Waals surface area contributed by atoms with E-state index in [9.17, 15) is 0 Å². The van der Waals surface area contributed by atoms with Gasteiger partial charge in [0.25, 0.3) is 0 Å².